The van der Waals surface area contributed by atoms with Gasteiger partial charge in [-0.3, -0.25) is 4.79 Å². The number of sulfone groups is 1. The zero-order valence-electron chi connectivity index (χ0n) is 15.3. The topological polar surface area (TPSA) is 76.4 Å². The number of rotatable bonds is 7. The van der Waals surface area contributed by atoms with E-state index >= 15 is 0 Å². The highest BCUT2D eigenvalue weighted by atomic mass is 35.5. The van der Waals surface area contributed by atoms with Gasteiger partial charge in [-0.05, 0) is 36.2 Å². The monoisotopic (exact) mass is 417 g/mol. The first-order valence-corrected chi connectivity index (χ1v) is 10.9. The molecular weight excluding hydrogens is 398 g/mol. The van der Waals surface area contributed by atoms with E-state index in [4.69, 9.17) is 16.0 Å². The second-order valence-electron chi connectivity index (χ2n) is 6.50. The second kappa shape index (κ2) is 8.63. The minimum absolute atomic E-state index is 0.0747. The van der Waals surface area contributed by atoms with Gasteiger partial charge in [-0.2, -0.15) is 0 Å². The maximum atomic E-state index is 12.4. The lowest BCUT2D eigenvalue weighted by Gasteiger charge is -2.13. The van der Waals surface area contributed by atoms with Crippen molar-refractivity contribution < 1.29 is 17.6 Å². The molecule has 1 aromatic heterocycles. The first-order valence-electron chi connectivity index (χ1n) is 8.72. The van der Waals surface area contributed by atoms with Gasteiger partial charge in [-0.25, -0.2) is 8.42 Å². The van der Waals surface area contributed by atoms with E-state index in [0.29, 0.717) is 10.6 Å². The number of hydrogen-bond donors (Lipinski definition) is 1. The van der Waals surface area contributed by atoms with Crippen LogP contribution in [0.2, 0.25) is 5.02 Å². The van der Waals surface area contributed by atoms with Gasteiger partial charge in [0, 0.05) is 5.02 Å². The van der Waals surface area contributed by atoms with Crippen LogP contribution < -0.4 is 5.32 Å². The van der Waals surface area contributed by atoms with Crippen molar-refractivity contribution in [1.29, 1.82) is 0 Å². The van der Waals surface area contributed by atoms with Gasteiger partial charge < -0.3 is 9.73 Å². The van der Waals surface area contributed by atoms with Crippen molar-refractivity contribution in [2.24, 2.45) is 0 Å². The minimum Gasteiger partial charge on any atom is -0.455 e. The number of nitrogens with one attached hydrogen (secondary N) is 1. The third-order valence-electron chi connectivity index (χ3n) is 4.23. The molecule has 28 heavy (non-hydrogen) atoms. The van der Waals surface area contributed by atoms with E-state index in [2.05, 4.69) is 5.32 Å². The largest absolute Gasteiger partial charge is 0.455 e. The van der Waals surface area contributed by atoms with Crippen LogP contribution in [0, 0.1) is 0 Å². The zero-order chi connectivity index (χ0) is 20.1. The van der Waals surface area contributed by atoms with Gasteiger partial charge in [0.25, 0.3) is 5.91 Å². The van der Waals surface area contributed by atoms with Crippen molar-refractivity contribution in [3.63, 3.8) is 0 Å². The van der Waals surface area contributed by atoms with Crippen molar-refractivity contribution >= 4 is 27.3 Å². The van der Waals surface area contributed by atoms with Gasteiger partial charge in [-0.1, -0.05) is 60.1 Å². The average Bonchev–Trinajstić information content (AvgIpc) is 3.12. The van der Waals surface area contributed by atoms with E-state index in [1.807, 2.05) is 37.3 Å². The fourth-order valence-corrected chi connectivity index (χ4v) is 4.49. The Kier molecular flexibility index (Phi) is 6.21. The minimum atomic E-state index is -3.50. The van der Waals surface area contributed by atoms with Gasteiger partial charge >= 0.3 is 0 Å². The number of furan rings is 1. The molecule has 1 amide bonds. The van der Waals surface area contributed by atoms with Crippen LogP contribution in [0.4, 0.5) is 0 Å². The third-order valence-corrected chi connectivity index (χ3v) is 6.07. The molecule has 146 valence electrons. The summed E-state index contributed by atoms with van der Waals surface area (Å²) in [6.07, 6.45) is 0. The summed E-state index contributed by atoms with van der Waals surface area (Å²) in [4.78, 5) is 12.4. The summed E-state index contributed by atoms with van der Waals surface area (Å²) in [6, 6.07) is 19.1. The molecule has 0 radical (unpaired) electrons. The number of amides is 1. The fraction of sp³-hybridized carbons (Fsp3) is 0.190. The lowest BCUT2D eigenvalue weighted by atomic mass is 10.1. The Hall–Kier alpha value is -2.57. The van der Waals surface area contributed by atoms with E-state index in [0.717, 1.165) is 5.56 Å². The third kappa shape index (κ3) is 5.24. The van der Waals surface area contributed by atoms with E-state index in [-0.39, 0.29) is 29.1 Å². The molecule has 3 aromatic rings. The molecule has 7 heteroatoms. The van der Waals surface area contributed by atoms with Crippen molar-refractivity contribution in [2.45, 2.75) is 24.5 Å². The number of hydrogen-bond acceptors (Lipinski definition) is 4. The highest BCUT2D eigenvalue weighted by Gasteiger charge is 2.20. The van der Waals surface area contributed by atoms with Crippen LogP contribution in [0.1, 0.15) is 40.4 Å². The lowest BCUT2D eigenvalue weighted by molar-refractivity contribution is 0.0910. The van der Waals surface area contributed by atoms with Crippen molar-refractivity contribution in [1.82, 2.24) is 5.32 Å². The van der Waals surface area contributed by atoms with E-state index in [1.165, 1.54) is 12.1 Å². The molecule has 0 saturated heterocycles. The molecule has 2 aromatic carbocycles. The Labute approximate surface area is 169 Å². The van der Waals surface area contributed by atoms with Crippen LogP contribution >= 0.6 is 11.6 Å². The van der Waals surface area contributed by atoms with Gasteiger partial charge in [0.1, 0.15) is 11.5 Å². The lowest BCUT2D eigenvalue weighted by Crippen LogP contribution is -2.26. The predicted molar refractivity (Wildman–Crippen MR) is 109 cm³/mol. The normalized spacial score (nSPS) is 12.5. The molecule has 0 spiro atoms. The summed E-state index contributed by atoms with van der Waals surface area (Å²) in [7, 11) is -3.50. The van der Waals surface area contributed by atoms with Gasteiger partial charge in [-0.15, -0.1) is 0 Å². The molecule has 1 heterocycles. The molecule has 0 fully saturated rings. The maximum Gasteiger partial charge on any atom is 0.287 e. The summed E-state index contributed by atoms with van der Waals surface area (Å²) in [5.41, 5.74) is 1.50. The molecule has 0 saturated carbocycles. The summed E-state index contributed by atoms with van der Waals surface area (Å²) < 4.78 is 30.4. The Morgan fingerprint density at radius 2 is 1.68 bits per heavy atom. The first kappa shape index (κ1) is 20.2. The molecule has 0 aliphatic heterocycles. The van der Waals surface area contributed by atoms with E-state index in [1.54, 1.807) is 24.3 Å². The van der Waals surface area contributed by atoms with Gasteiger partial charge in [0.2, 0.25) is 0 Å². The molecule has 0 bridgehead atoms. The Morgan fingerprint density at radius 3 is 2.39 bits per heavy atom. The summed E-state index contributed by atoms with van der Waals surface area (Å²) in [5, 5.41) is 3.24. The average molecular weight is 418 g/mol. The second-order valence-corrected chi connectivity index (χ2v) is 8.97. The Bertz CT molecular complexity index is 1060. The summed E-state index contributed by atoms with van der Waals surface area (Å²) in [6.45, 7) is 1.87. The number of halogens is 1. The van der Waals surface area contributed by atoms with Crippen LogP contribution in [0.15, 0.2) is 71.1 Å². The van der Waals surface area contributed by atoms with Crippen LogP contribution in [0.5, 0.6) is 0 Å². The standard InChI is InChI=1S/C21H20ClNO4S/c1-15(16-7-3-2-4-8-16)23-21(24)20-12-11-18(27-20)14-28(25,26)13-17-9-5-6-10-19(17)22/h2-12,15H,13-14H2,1H3,(H,23,24)/t15-/m1/s1. The van der Waals surface area contributed by atoms with Crippen molar-refractivity contribution in [3.8, 4) is 0 Å². The maximum absolute atomic E-state index is 12.4. The molecule has 5 nitrogen and oxygen atoms in total. The van der Waals surface area contributed by atoms with E-state index < -0.39 is 15.7 Å². The van der Waals surface area contributed by atoms with Crippen molar-refractivity contribution in [2.75, 3.05) is 0 Å². The van der Waals surface area contributed by atoms with Gasteiger partial charge in [0.15, 0.2) is 15.6 Å². The van der Waals surface area contributed by atoms with Gasteiger partial charge in [0.05, 0.1) is 11.8 Å². The van der Waals surface area contributed by atoms with E-state index in [9.17, 15) is 13.2 Å². The van der Waals surface area contributed by atoms with Crippen LogP contribution in [-0.4, -0.2) is 14.3 Å². The fourth-order valence-electron chi connectivity index (χ4n) is 2.79. The van der Waals surface area contributed by atoms with Crippen LogP contribution in [-0.2, 0) is 21.3 Å². The molecule has 1 atom stereocenters. The number of carbonyl (C=O) groups is 1. The number of carbonyl (C=O) groups excluding carboxylic acids is 1. The molecule has 0 unspecified atom stereocenters. The predicted octanol–water partition coefficient (Wildman–Crippen LogP) is 4.54. The highest BCUT2D eigenvalue weighted by Crippen LogP contribution is 2.21. The quantitative estimate of drug-likeness (QED) is 0.612. The Balaban J connectivity index is 1.65. The summed E-state index contributed by atoms with van der Waals surface area (Å²) in [5.74, 6) is -0.610. The number of benzene rings is 2. The SMILES string of the molecule is C[C@@H](NC(=O)c1ccc(CS(=O)(=O)Cc2ccccc2Cl)o1)c1ccccc1. The van der Waals surface area contributed by atoms with Crippen LogP contribution in [0.3, 0.4) is 0 Å². The highest BCUT2D eigenvalue weighted by molar-refractivity contribution is 7.89. The van der Waals surface area contributed by atoms with Crippen molar-refractivity contribution in [3.05, 3.63) is 94.4 Å². The van der Waals surface area contributed by atoms with Crippen LogP contribution in [0.25, 0.3) is 0 Å². The smallest absolute Gasteiger partial charge is 0.287 e. The zero-order valence-corrected chi connectivity index (χ0v) is 16.8. The first-order chi connectivity index (χ1) is 13.3. The molecule has 0 aliphatic rings. The molecule has 0 aliphatic carbocycles. The Morgan fingerprint density at radius 1 is 1.00 bits per heavy atom. The molecule has 1 N–H and O–H groups in total. The summed E-state index contributed by atoms with van der Waals surface area (Å²) >= 11 is 6.04. The molecular formula is C21H20ClNO4S. The molecule has 3 rings (SSSR count).